The maximum atomic E-state index is 12.5. The number of rotatable bonds is 1. The van der Waals surface area contributed by atoms with Crippen LogP contribution >= 0.6 is 15.9 Å². The van der Waals surface area contributed by atoms with E-state index >= 15 is 0 Å². The van der Waals surface area contributed by atoms with Gasteiger partial charge in [0.25, 0.3) is 0 Å². The average molecular weight is 371 g/mol. The Morgan fingerprint density at radius 1 is 1.17 bits per heavy atom. The number of carbonyl (C=O) groups excluding carboxylic acids is 1. The molecule has 0 radical (unpaired) electrons. The molecule has 4 atom stereocenters. The monoisotopic (exact) mass is 370 g/mol. The summed E-state index contributed by atoms with van der Waals surface area (Å²) in [6.45, 7) is 0. The molecule has 6 nitrogen and oxygen atoms in total. The Kier molecular flexibility index (Phi) is 3.23. The highest BCUT2D eigenvalue weighted by Crippen LogP contribution is 2.63. The molecule has 0 aromatic heterocycles. The number of carbonyl (C=O) groups is 1. The molecule has 2 bridgehead atoms. The summed E-state index contributed by atoms with van der Waals surface area (Å²) in [6.07, 6.45) is -0.310. The van der Waals surface area contributed by atoms with Gasteiger partial charge in [-0.15, -0.1) is 0 Å². The van der Waals surface area contributed by atoms with Crippen LogP contribution in [-0.2, 0) is 4.79 Å². The summed E-state index contributed by atoms with van der Waals surface area (Å²) in [5.74, 6) is -1.63. The average Bonchev–Trinajstić information content (AvgIpc) is 2.82. The maximum Gasteiger partial charge on any atom is 0.245 e. The Morgan fingerprint density at radius 2 is 1.78 bits per heavy atom. The first-order valence-electron chi connectivity index (χ1n) is 6.88. The maximum absolute atomic E-state index is 12.5. The number of benzene rings is 1. The van der Waals surface area contributed by atoms with E-state index in [0.717, 1.165) is 0 Å². The quantitative estimate of drug-likeness (QED) is 0.721. The summed E-state index contributed by atoms with van der Waals surface area (Å²) in [4.78, 5) is 11.7. The molecule has 2 aliphatic rings. The highest BCUT2D eigenvalue weighted by atomic mass is 79.9. The molecule has 0 spiro atoms. The van der Waals surface area contributed by atoms with Crippen molar-refractivity contribution < 1.29 is 9.90 Å². The fraction of sp³-hybridized carbons (Fsp3) is 0.375. The highest BCUT2D eigenvalue weighted by molar-refractivity contribution is 9.09. The van der Waals surface area contributed by atoms with E-state index in [4.69, 9.17) is 0 Å². The molecule has 1 aliphatic heterocycles. The number of nitrogens with zero attached hydrogens (tertiary/aromatic N) is 3. The number of nitrogens with one attached hydrogen (secondary N) is 1. The van der Waals surface area contributed by atoms with Crippen LogP contribution in [0.3, 0.4) is 0 Å². The molecule has 1 saturated heterocycles. The second kappa shape index (κ2) is 4.80. The fourth-order valence-electron chi connectivity index (χ4n) is 3.69. The van der Waals surface area contributed by atoms with E-state index in [0.29, 0.717) is 5.56 Å². The molecule has 1 aromatic rings. The summed E-state index contributed by atoms with van der Waals surface area (Å²) in [5.41, 5.74) is -4.92. The summed E-state index contributed by atoms with van der Waals surface area (Å²) < 4.78 is 0. The van der Waals surface area contributed by atoms with Crippen LogP contribution in [0.5, 0.6) is 0 Å². The van der Waals surface area contributed by atoms with Crippen molar-refractivity contribution in [3.63, 3.8) is 0 Å². The Hall–Kier alpha value is -2.40. The Morgan fingerprint density at radius 3 is 2.30 bits per heavy atom. The van der Waals surface area contributed by atoms with Gasteiger partial charge < -0.3 is 10.4 Å². The molecular weight excluding hydrogens is 360 g/mol. The van der Waals surface area contributed by atoms with E-state index in [-0.39, 0.29) is 6.42 Å². The lowest BCUT2D eigenvalue weighted by atomic mass is 9.51. The van der Waals surface area contributed by atoms with Crippen molar-refractivity contribution in [1.29, 1.82) is 15.8 Å². The largest absolute Gasteiger partial charge is 0.370 e. The number of aliphatic hydroxyl groups is 1. The van der Waals surface area contributed by atoms with E-state index in [2.05, 4.69) is 21.2 Å². The molecule has 2 fully saturated rings. The number of hydrogen-bond acceptors (Lipinski definition) is 5. The van der Waals surface area contributed by atoms with Crippen molar-refractivity contribution in [3.8, 4) is 18.2 Å². The minimum atomic E-state index is -1.92. The predicted octanol–water partition coefficient (Wildman–Crippen LogP) is 1.30. The molecule has 1 aliphatic carbocycles. The molecule has 1 heterocycles. The van der Waals surface area contributed by atoms with Crippen LogP contribution in [0.1, 0.15) is 17.9 Å². The van der Waals surface area contributed by atoms with Gasteiger partial charge in [-0.2, -0.15) is 15.8 Å². The summed E-state index contributed by atoms with van der Waals surface area (Å²) in [6, 6.07) is 14.4. The zero-order chi connectivity index (χ0) is 16.9. The van der Waals surface area contributed by atoms with Gasteiger partial charge in [0.1, 0.15) is 0 Å². The fourth-order valence-corrected chi connectivity index (χ4v) is 4.67. The van der Waals surface area contributed by atoms with Crippen LogP contribution in [-0.4, -0.2) is 21.6 Å². The van der Waals surface area contributed by atoms with Crippen molar-refractivity contribution in [2.75, 3.05) is 0 Å². The van der Waals surface area contributed by atoms with Crippen LogP contribution in [0.4, 0.5) is 0 Å². The van der Waals surface area contributed by atoms with Crippen molar-refractivity contribution in [2.45, 2.75) is 22.9 Å². The minimum absolute atomic E-state index is 0.310. The highest BCUT2D eigenvalue weighted by Gasteiger charge is 2.76. The van der Waals surface area contributed by atoms with Crippen molar-refractivity contribution >= 4 is 21.8 Å². The smallest absolute Gasteiger partial charge is 0.245 e. The van der Waals surface area contributed by atoms with Crippen LogP contribution in [0, 0.1) is 44.8 Å². The number of amides is 1. The zero-order valence-electron chi connectivity index (χ0n) is 11.8. The van der Waals surface area contributed by atoms with Gasteiger partial charge in [-0.05, 0) is 5.56 Å². The van der Waals surface area contributed by atoms with Crippen LogP contribution in [0.25, 0.3) is 0 Å². The second-order valence-corrected chi connectivity index (χ2v) is 6.88. The van der Waals surface area contributed by atoms with Gasteiger partial charge in [0.2, 0.25) is 5.91 Å². The number of nitriles is 3. The molecule has 0 unspecified atom stereocenters. The topological polar surface area (TPSA) is 121 Å². The Labute approximate surface area is 141 Å². The number of halogens is 1. The van der Waals surface area contributed by atoms with Crippen molar-refractivity contribution in [1.82, 2.24) is 5.32 Å². The molecule has 1 amide bonds. The van der Waals surface area contributed by atoms with Gasteiger partial charge in [-0.25, -0.2) is 0 Å². The first kappa shape index (κ1) is 15.5. The second-order valence-electron chi connectivity index (χ2n) is 5.89. The van der Waals surface area contributed by atoms with E-state index in [1.807, 2.05) is 18.2 Å². The molecule has 114 valence electrons. The van der Waals surface area contributed by atoms with Crippen molar-refractivity contribution in [2.24, 2.45) is 10.8 Å². The minimum Gasteiger partial charge on any atom is -0.370 e. The van der Waals surface area contributed by atoms with Gasteiger partial charge in [-0.3, -0.25) is 4.79 Å². The van der Waals surface area contributed by atoms with Gasteiger partial charge in [0.15, 0.2) is 16.6 Å². The molecular formula is C16H11BrN4O2. The first-order valence-corrected chi connectivity index (χ1v) is 7.80. The third-order valence-electron chi connectivity index (χ3n) is 4.84. The lowest BCUT2D eigenvalue weighted by Gasteiger charge is -2.47. The number of alkyl halides is 1. The molecule has 7 heteroatoms. The lowest BCUT2D eigenvalue weighted by molar-refractivity contribution is -0.128. The SMILES string of the molecule is N#CC1(C#N)[C@@H](c2ccccc2)[C@H](Br)[C@@]2(O)C[C@]1(C#N)C(=O)N2. The zero-order valence-corrected chi connectivity index (χ0v) is 13.4. The van der Waals surface area contributed by atoms with E-state index < -0.39 is 33.2 Å². The standard InChI is InChI=1S/C16H11BrN4O2/c17-12-11(10-4-2-1-3-5-10)15(8-19,9-20)14(7-18)6-16(12,23)21-13(14)22/h1-5,11-12,23H,6H2,(H,21,22)/t11-,12-,14-,16-/m0/s1. The summed E-state index contributed by atoms with van der Waals surface area (Å²) in [7, 11) is 0. The number of fused-ring (bicyclic) bond motifs is 2. The summed E-state index contributed by atoms with van der Waals surface area (Å²) >= 11 is 3.36. The predicted molar refractivity (Wildman–Crippen MR) is 81.3 cm³/mol. The summed E-state index contributed by atoms with van der Waals surface area (Å²) in [5, 5.41) is 42.4. The van der Waals surface area contributed by atoms with Gasteiger partial charge in [0.05, 0.1) is 23.0 Å². The third-order valence-corrected chi connectivity index (χ3v) is 6.13. The van der Waals surface area contributed by atoms with Crippen LogP contribution in [0.2, 0.25) is 0 Å². The van der Waals surface area contributed by atoms with E-state index in [9.17, 15) is 25.7 Å². The number of hydrogen-bond donors (Lipinski definition) is 2. The van der Waals surface area contributed by atoms with Crippen LogP contribution < -0.4 is 5.32 Å². The first-order chi connectivity index (χ1) is 10.9. The van der Waals surface area contributed by atoms with Gasteiger partial charge in [0, 0.05) is 12.3 Å². The van der Waals surface area contributed by atoms with Gasteiger partial charge >= 0.3 is 0 Å². The molecule has 1 aromatic carbocycles. The molecule has 3 rings (SSSR count). The molecule has 1 saturated carbocycles. The molecule has 23 heavy (non-hydrogen) atoms. The van der Waals surface area contributed by atoms with Crippen molar-refractivity contribution in [3.05, 3.63) is 35.9 Å². The van der Waals surface area contributed by atoms with Gasteiger partial charge in [-0.1, -0.05) is 46.3 Å². The van der Waals surface area contributed by atoms with E-state index in [1.165, 1.54) is 0 Å². The normalized spacial score (nSPS) is 37.1. The lowest BCUT2D eigenvalue weighted by Crippen LogP contribution is -2.58. The Balaban J connectivity index is 2.35. The third kappa shape index (κ3) is 1.65. The van der Waals surface area contributed by atoms with E-state index in [1.54, 1.807) is 30.3 Å². The van der Waals surface area contributed by atoms with Crippen LogP contribution in [0.15, 0.2) is 30.3 Å². The Bertz CT molecular complexity index is 792. The molecule has 2 N–H and O–H groups in total.